The molecule has 0 unspecified atom stereocenters. The molecule has 0 bridgehead atoms. The number of hydrogen-bond donors (Lipinski definition) is 2. The zero-order valence-corrected chi connectivity index (χ0v) is 15.9. The van der Waals surface area contributed by atoms with Crippen molar-refractivity contribution in [1.82, 2.24) is 9.78 Å². The summed E-state index contributed by atoms with van der Waals surface area (Å²) in [6.07, 6.45) is 7.46. The van der Waals surface area contributed by atoms with Crippen LogP contribution in [0.4, 0.5) is 15.8 Å². The standard InChI is InChI=1S/C24H18FN3O2/c25-19-7-9-20(10-8-19)27-23-16-18(6-13-22(23)24(29)30)3-2-17-4-11-21(12-5-17)28-15-1-14-26-28/h1-16,27H,(H,29,30). The molecule has 0 aliphatic rings. The van der Waals surface area contributed by atoms with Crippen LogP contribution in [0.5, 0.6) is 0 Å². The highest BCUT2D eigenvalue weighted by Crippen LogP contribution is 2.24. The van der Waals surface area contributed by atoms with Gasteiger partial charge in [0.25, 0.3) is 0 Å². The highest BCUT2D eigenvalue weighted by molar-refractivity contribution is 5.96. The Bertz CT molecular complexity index is 1180. The zero-order chi connectivity index (χ0) is 20.9. The van der Waals surface area contributed by atoms with Gasteiger partial charge in [-0.3, -0.25) is 0 Å². The van der Waals surface area contributed by atoms with Gasteiger partial charge in [-0.25, -0.2) is 13.9 Å². The Kier molecular flexibility index (Phi) is 5.39. The van der Waals surface area contributed by atoms with E-state index in [2.05, 4.69) is 10.4 Å². The first kappa shape index (κ1) is 19.1. The molecule has 4 rings (SSSR count). The van der Waals surface area contributed by atoms with E-state index in [1.807, 2.05) is 48.7 Å². The number of nitrogens with one attached hydrogen (secondary N) is 1. The van der Waals surface area contributed by atoms with Crippen LogP contribution in [0.25, 0.3) is 17.8 Å². The second-order valence-electron chi connectivity index (χ2n) is 6.62. The molecule has 0 saturated heterocycles. The number of nitrogens with zero attached hydrogens (tertiary/aromatic N) is 2. The first-order valence-electron chi connectivity index (χ1n) is 9.26. The highest BCUT2D eigenvalue weighted by Gasteiger charge is 2.10. The molecule has 0 saturated carbocycles. The smallest absolute Gasteiger partial charge is 0.337 e. The Morgan fingerprint density at radius 2 is 1.67 bits per heavy atom. The molecule has 148 valence electrons. The monoisotopic (exact) mass is 399 g/mol. The van der Waals surface area contributed by atoms with Crippen LogP contribution in [0.15, 0.2) is 85.2 Å². The number of aromatic carboxylic acids is 1. The molecular formula is C24H18FN3O2. The first-order chi connectivity index (χ1) is 14.6. The lowest BCUT2D eigenvalue weighted by Crippen LogP contribution is -2.03. The maximum Gasteiger partial charge on any atom is 0.337 e. The summed E-state index contributed by atoms with van der Waals surface area (Å²) in [7, 11) is 0. The predicted molar refractivity (Wildman–Crippen MR) is 116 cm³/mol. The number of aromatic nitrogens is 2. The molecule has 3 aromatic carbocycles. The van der Waals surface area contributed by atoms with E-state index in [-0.39, 0.29) is 11.4 Å². The lowest BCUT2D eigenvalue weighted by atomic mass is 10.1. The third-order valence-electron chi connectivity index (χ3n) is 4.53. The minimum absolute atomic E-state index is 0.139. The van der Waals surface area contributed by atoms with E-state index in [0.717, 1.165) is 16.8 Å². The van der Waals surface area contributed by atoms with Crippen molar-refractivity contribution in [3.05, 3.63) is 108 Å². The van der Waals surface area contributed by atoms with Crippen molar-refractivity contribution in [1.29, 1.82) is 0 Å². The summed E-state index contributed by atoms with van der Waals surface area (Å²) >= 11 is 0. The molecule has 30 heavy (non-hydrogen) atoms. The minimum atomic E-state index is -1.04. The van der Waals surface area contributed by atoms with Crippen LogP contribution in [-0.4, -0.2) is 20.9 Å². The topological polar surface area (TPSA) is 67.1 Å². The normalized spacial score (nSPS) is 11.0. The van der Waals surface area contributed by atoms with E-state index < -0.39 is 5.97 Å². The van der Waals surface area contributed by atoms with Gasteiger partial charge in [-0.15, -0.1) is 0 Å². The Balaban J connectivity index is 1.56. The second-order valence-corrected chi connectivity index (χ2v) is 6.62. The SMILES string of the molecule is O=C(O)c1ccc(C=Cc2ccc(-n3cccn3)cc2)cc1Nc1ccc(F)cc1. The molecule has 0 amide bonds. The van der Waals surface area contributed by atoms with Gasteiger partial charge in [0.05, 0.1) is 16.9 Å². The van der Waals surface area contributed by atoms with Crippen molar-refractivity contribution in [2.75, 3.05) is 5.32 Å². The number of carboxylic acids is 1. The van der Waals surface area contributed by atoms with E-state index in [1.54, 1.807) is 41.2 Å². The van der Waals surface area contributed by atoms with Gasteiger partial charge in [0.1, 0.15) is 5.82 Å². The summed E-state index contributed by atoms with van der Waals surface area (Å²) in [4.78, 5) is 11.6. The van der Waals surface area contributed by atoms with Crippen molar-refractivity contribution in [3.8, 4) is 5.69 Å². The molecular weight excluding hydrogens is 381 g/mol. The molecule has 1 heterocycles. The van der Waals surface area contributed by atoms with Crippen LogP contribution in [0.3, 0.4) is 0 Å². The molecule has 4 aromatic rings. The predicted octanol–water partition coefficient (Wildman–Crippen LogP) is 5.62. The first-order valence-corrected chi connectivity index (χ1v) is 9.26. The van der Waals surface area contributed by atoms with Crippen molar-refractivity contribution < 1.29 is 14.3 Å². The van der Waals surface area contributed by atoms with E-state index >= 15 is 0 Å². The second kappa shape index (κ2) is 8.45. The molecule has 6 heteroatoms. The van der Waals surface area contributed by atoms with E-state index in [9.17, 15) is 14.3 Å². The molecule has 0 atom stereocenters. The fourth-order valence-electron chi connectivity index (χ4n) is 3.00. The fourth-order valence-corrected chi connectivity index (χ4v) is 3.00. The summed E-state index contributed by atoms with van der Waals surface area (Å²) in [5.74, 6) is -1.39. The minimum Gasteiger partial charge on any atom is -0.478 e. The number of hydrogen-bond acceptors (Lipinski definition) is 3. The number of rotatable bonds is 6. The molecule has 1 aromatic heterocycles. The summed E-state index contributed by atoms with van der Waals surface area (Å²) in [5.41, 5.74) is 3.98. The van der Waals surface area contributed by atoms with Gasteiger partial charge in [0, 0.05) is 18.1 Å². The molecule has 0 radical (unpaired) electrons. The molecule has 0 aliphatic heterocycles. The number of anilines is 2. The Morgan fingerprint density at radius 3 is 2.33 bits per heavy atom. The molecule has 0 fully saturated rings. The van der Waals surface area contributed by atoms with Gasteiger partial charge < -0.3 is 10.4 Å². The molecule has 0 spiro atoms. The Labute approximate surface area is 172 Å². The maximum absolute atomic E-state index is 13.1. The largest absolute Gasteiger partial charge is 0.478 e. The van der Waals surface area contributed by atoms with Crippen LogP contribution in [0.1, 0.15) is 21.5 Å². The zero-order valence-electron chi connectivity index (χ0n) is 15.9. The lowest BCUT2D eigenvalue weighted by molar-refractivity contribution is 0.0698. The van der Waals surface area contributed by atoms with Gasteiger partial charge in [-0.1, -0.05) is 30.4 Å². The van der Waals surface area contributed by atoms with Crippen molar-refractivity contribution in [2.45, 2.75) is 0 Å². The van der Waals surface area contributed by atoms with E-state index in [0.29, 0.717) is 11.4 Å². The Hall–Kier alpha value is -4.19. The van der Waals surface area contributed by atoms with Crippen molar-refractivity contribution in [2.24, 2.45) is 0 Å². The number of halogens is 1. The van der Waals surface area contributed by atoms with Gasteiger partial charge in [-0.2, -0.15) is 5.10 Å². The highest BCUT2D eigenvalue weighted by atomic mass is 19.1. The van der Waals surface area contributed by atoms with Crippen LogP contribution < -0.4 is 5.32 Å². The van der Waals surface area contributed by atoms with Gasteiger partial charge >= 0.3 is 5.97 Å². The van der Waals surface area contributed by atoms with E-state index in [4.69, 9.17) is 0 Å². The molecule has 5 nitrogen and oxygen atoms in total. The quantitative estimate of drug-likeness (QED) is 0.413. The number of carboxylic acid groups (broad SMARTS) is 1. The third kappa shape index (κ3) is 4.44. The van der Waals surface area contributed by atoms with E-state index in [1.165, 1.54) is 12.1 Å². The van der Waals surface area contributed by atoms with Gasteiger partial charge in [0.2, 0.25) is 0 Å². The van der Waals surface area contributed by atoms with Crippen molar-refractivity contribution in [3.63, 3.8) is 0 Å². The van der Waals surface area contributed by atoms with Crippen LogP contribution in [-0.2, 0) is 0 Å². The van der Waals surface area contributed by atoms with Crippen molar-refractivity contribution >= 4 is 29.5 Å². The summed E-state index contributed by atoms with van der Waals surface area (Å²) in [6.45, 7) is 0. The summed E-state index contributed by atoms with van der Waals surface area (Å²) in [5, 5.41) is 16.7. The number of benzene rings is 3. The number of carbonyl (C=O) groups is 1. The van der Waals surface area contributed by atoms with Gasteiger partial charge in [-0.05, 0) is 65.7 Å². The maximum atomic E-state index is 13.1. The van der Waals surface area contributed by atoms with Gasteiger partial charge in [0.15, 0.2) is 0 Å². The lowest BCUT2D eigenvalue weighted by Gasteiger charge is -2.11. The summed E-state index contributed by atoms with van der Waals surface area (Å²) in [6, 6.07) is 20.6. The summed E-state index contributed by atoms with van der Waals surface area (Å²) < 4.78 is 14.9. The Morgan fingerprint density at radius 1 is 0.967 bits per heavy atom. The molecule has 0 aliphatic carbocycles. The van der Waals surface area contributed by atoms with Crippen LogP contribution >= 0.6 is 0 Å². The van der Waals surface area contributed by atoms with Crippen LogP contribution in [0.2, 0.25) is 0 Å². The third-order valence-corrected chi connectivity index (χ3v) is 4.53. The fraction of sp³-hybridized carbons (Fsp3) is 0. The average Bonchev–Trinajstić information content (AvgIpc) is 3.29. The molecule has 2 N–H and O–H groups in total. The average molecular weight is 399 g/mol. The van der Waals surface area contributed by atoms with Crippen LogP contribution in [0, 0.1) is 5.82 Å².